The Morgan fingerprint density at radius 1 is 1.53 bits per heavy atom. The van der Waals surface area contributed by atoms with E-state index in [2.05, 4.69) is 17.3 Å². The van der Waals surface area contributed by atoms with Gasteiger partial charge in [0.25, 0.3) is 0 Å². The van der Waals surface area contributed by atoms with Gasteiger partial charge >= 0.3 is 0 Å². The molecule has 1 aliphatic heterocycles. The summed E-state index contributed by atoms with van der Waals surface area (Å²) in [5.41, 5.74) is 7.65. The smallest absolute Gasteiger partial charge is 0.144 e. The van der Waals surface area contributed by atoms with E-state index in [-0.39, 0.29) is 0 Å². The molecule has 0 aliphatic carbocycles. The third-order valence-electron chi connectivity index (χ3n) is 3.31. The van der Waals surface area contributed by atoms with E-state index in [4.69, 9.17) is 10.5 Å². The maximum atomic E-state index is 5.78. The number of benzene rings is 1. The highest BCUT2D eigenvalue weighted by atomic mass is 16.5. The summed E-state index contributed by atoms with van der Waals surface area (Å²) in [7, 11) is 4.11. The molecule has 1 atom stereocenters. The maximum absolute atomic E-state index is 5.78. The van der Waals surface area contributed by atoms with Gasteiger partial charge in [-0.15, -0.1) is 0 Å². The summed E-state index contributed by atoms with van der Waals surface area (Å²) in [5.74, 6) is 0.900. The summed E-state index contributed by atoms with van der Waals surface area (Å²) < 4.78 is 5.78. The van der Waals surface area contributed by atoms with Gasteiger partial charge in [-0.1, -0.05) is 0 Å². The van der Waals surface area contributed by atoms with Crippen molar-refractivity contribution in [1.29, 1.82) is 0 Å². The molecule has 94 valence electrons. The molecule has 0 radical (unpaired) electrons. The van der Waals surface area contributed by atoms with Gasteiger partial charge in [0.15, 0.2) is 0 Å². The second-order valence-electron chi connectivity index (χ2n) is 4.55. The number of hydrogen-bond acceptors (Lipinski definition) is 4. The van der Waals surface area contributed by atoms with Gasteiger partial charge in [-0.3, -0.25) is 0 Å². The molecule has 4 heteroatoms. The minimum Gasteiger partial charge on any atom is -0.489 e. The monoisotopic (exact) mass is 235 g/mol. The lowest BCUT2D eigenvalue weighted by atomic mass is 10.1. The molecule has 0 bridgehead atoms. The predicted octanol–water partition coefficient (Wildman–Crippen LogP) is 1.47. The average molecular weight is 235 g/mol. The van der Waals surface area contributed by atoms with Crippen molar-refractivity contribution in [1.82, 2.24) is 5.32 Å². The Hall–Kier alpha value is -1.42. The van der Waals surface area contributed by atoms with Crippen LogP contribution in [0.15, 0.2) is 18.2 Å². The zero-order chi connectivity index (χ0) is 12.3. The SMILES string of the molecule is CNCCCC1COc2cc(N)ccc2N1C. The molecular formula is C13H21N3O. The quantitative estimate of drug-likeness (QED) is 0.613. The summed E-state index contributed by atoms with van der Waals surface area (Å²) in [6, 6.07) is 6.32. The molecule has 0 fully saturated rings. The fourth-order valence-corrected chi connectivity index (χ4v) is 2.22. The normalized spacial score (nSPS) is 18.7. The standard InChI is InChI=1S/C13H21N3O/c1-15-7-3-4-11-9-17-13-8-10(14)5-6-12(13)16(11)2/h5-6,8,11,15H,3-4,7,9,14H2,1-2H3. The molecule has 17 heavy (non-hydrogen) atoms. The van der Waals surface area contributed by atoms with Crippen LogP contribution in [0, 0.1) is 0 Å². The van der Waals surface area contributed by atoms with E-state index in [0.717, 1.165) is 36.7 Å². The fraction of sp³-hybridized carbons (Fsp3) is 0.538. The average Bonchev–Trinajstić information content (AvgIpc) is 2.32. The lowest BCUT2D eigenvalue weighted by Crippen LogP contribution is -2.40. The van der Waals surface area contributed by atoms with Gasteiger partial charge in [-0.25, -0.2) is 0 Å². The van der Waals surface area contributed by atoms with Gasteiger partial charge in [-0.05, 0) is 38.6 Å². The van der Waals surface area contributed by atoms with Crippen molar-refractivity contribution in [2.24, 2.45) is 0 Å². The minimum atomic E-state index is 0.458. The lowest BCUT2D eigenvalue weighted by molar-refractivity contribution is 0.258. The molecule has 1 aliphatic rings. The van der Waals surface area contributed by atoms with E-state index >= 15 is 0 Å². The van der Waals surface area contributed by atoms with Crippen molar-refractivity contribution in [3.05, 3.63) is 18.2 Å². The van der Waals surface area contributed by atoms with Crippen LogP contribution in [-0.4, -0.2) is 33.3 Å². The van der Waals surface area contributed by atoms with Gasteiger partial charge < -0.3 is 20.7 Å². The Balaban J connectivity index is 2.05. The molecule has 1 aromatic carbocycles. The summed E-state index contributed by atoms with van der Waals surface area (Å²) in [5, 5.41) is 3.17. The van der Waals surface area contributed by atoms with Gasteiger partial charge in [0, 0.05) is 18.8 Å². The van der Waals surface area contributed by atoms with Gasteiger partial charge in [0.05, 0.1) is 11.7 Å². The van der Waals surface area contributed by atoms with E-state index in [1.165, 1.54) is 6.42 Å². The Morgan fingerprint density at radius 2 is 2.35 bits per heavy atom. The van der Waals surface area contributed by atoms with Crippen molar-refractivity contribution in [3.8, 4) is 5.75 Å². The van der Waals surface area contributed by atoms with E-state index in [9.17, 15) is 0 Å². The van der Waals surface area contributed by atoms with E-state index in [1.807, 2.05) is 25.2 Å². The minimum absolute atomic E-state index is 0.458. The van der Waals surface area contributed by atoms with Gasteiger partial charge in [0.1, 0.15) is 12.4 Å². The maximum Gasteiger partial charge on any atom is 0.144 e. The highest BCUT2D eigenvalue weighted by Crippen LogP contribution is 2.35. The molecular weight excluding hydrogens is 214 g/mol. The van der Waals surface area contributed by atoms with Crippen LogP contribution in [0.2, 0.25) is 0 Å². The third-order valence-corrected chi connectivity index (χ3v) is 3.31. The number of anilines is 2. The number of ether oxygens (including phenoxy) is 1. The molecule has 0 saturated carbocycles. The molecule has 0 aromatic heterocycles. The number of hydrogen-bond donors (Lipinski definition) is 2. The van der Waals surface area contributed by atoms with Crippen LogP contribution in [0.3, 0.4) is 0 Å². The molecule has 4 nitrogen and oxygen atoms in total. The number of nitrogen functional groups attached to an aromatic ring is 1. The van der Waals surface area contributed by atoms with Crippen LogP contribution < -0.4 is 20.7 Å². The Labute approximate surface area is 103 Å². The van der Waals surface area contributed by atoms with Crippen molar-refractivity contribution in [3.63, 3.8) is 0 Å². The molecule has 0 amide bonds. The van der Waals surface area contributed by atoms with Crippen molar-refractivity contribution in [2.75, 3.05) is 37.9 Å². The number of likely N-dealkylation sites (N-methyl/N-ethyl adjacent to an activating group) is 1. The number of nitrogens with two attached hydrogens (primary N) is 1. The van der Waals surface area contributed by atoms with Crippen LogP contribution in [0.1, 0.15) is 12.8 Å². The summed E-state index contributed by atoms with van der Waals surface area (Å²) in [6.45, 7) is 1.80. The van der Waals surface area contributed by atoms with Crippen LogP contribution in [0.4, 0.5) is 11.4 Å². The molecule has 1 aromatic rings. The Morgan fingerprint density at radius 3 is 3.12 bits per heavy atom. The Bertz CT molecular complexity index is 381. The molecule has 0 saturated heterocycles. The molecule has 1 heterocycles. The number of rotatable bonds is 4. The third kappa shape index (κ3) is 2.64. The fourth-order valence-electron chi connectivity index (χ4n) is 2.22. The molecule has 0 spiro atoms. The van der Waals surface area contributed by atoms with E-state index < -0.39 is 0 Å². The first-order chi connectivity index (χ1) is 8.22. The van der Waals surface area contributed by atoms with E-state index in [0.29, 0.717) is 6.04 Å². The van der Waals surface area contributed by atoms with Gasteiger partial charge in [-0.2, -0.15) is 0 Å². The van der Waals surface area contributed by atoms with Crippen molar-refractivity contribution < 1.29 is 4.74 Å². The second-order valence-corrected chi connectivity index (χ2v) is 4.55. The summed E-state index contributed by atoms with van der Waals surface area (Å²) >= 11 is 0. The topological polar surface area (TPSA) is 50.5 Å². The van der Waals surface area contributed by atoms with E-state index in [1.54, 1.807) is 0 Å². The Kier molecular flexibility index (Phi) is 3.74. The highest BCUT2D eigenvalue weighted by molar-refractivity contribution is 5.65. The molecule has 3 N–H and O–H groups in total. The van der Waals surface area contributed by atoms with Crippen molar-refractivity contribution >= 4 is 11.4 Å². The highest BCUT2D eigenvalue weighted by Gasteiger charge is 2.24. The predicted molar refractivity (Wildman–Crippen MR) is 71.7 cm³/mol. The summed E-state index contributed by atoms with van der Waals surface area (Å²) in [6.07, 6.45) is 2.31. The molecule has 2 rings (SSSR count). The number of nitrogens with one attached hydrogen (secondary N) is 1. The van der Waals surface area contributed by atoms with Crippen LogP contribution in [0.25, 0.3) is 0 Å². The van der Waals surface area contributed by atoms with Gasteiger partial charge in [0.2, 0.25) is 0 Å². The first kappa shape index (κ1) is 12.0. The largest absolute Gasteiger partial charge is 0.489 e. The number of fused-ring (bicyclic) bond motifs is 1. The lowest BCUT2D eigenvalue weighted by Gasteiger charge is -2.36. The number of nitrogens with zero attached hydrogens (tertiary/aromatic N) is 1. The summed E-state index contributed by atoms with van der Waals surface area (Å²) in [4.78, 5) is 2.30. The van der Waals surface area contributed by atoms with Crippen LogP contribution in [0.5, 0.6) is 5.75 Å². The zero-order valence-electron chi connectivity index (χ0n) is 10.6. The van der Waals surface area contributed by atoms with Crippen LogP contribution in [-0.2, 0) is 0 Å². The first-order valence-corrected chi connectivity index (χ1v) is 6.12. The zero-order valence-corrected chi connectivity index (χ0v) is 10.6. The van der Waals surface area contributed by atoms with Crippen LogP contribution >= 0.6 is 0 Å². The molecule has 1 unspecified atom stereocenters. The first-order valence-electron chi connectivity index (χ1n) is 6.12. The second kappa shape index (κ2) is 5.27. The van der Waals surface area contributed by atoms with Crippen molar-refractivity contribution in [2.45, 2.75) is 18.9 Å².